The molecule has 0 radical (unpaired) electrons. The first-order valence-corrected chi connectivity index (χ1v) is 6.77. The van der Waals surface area contributed by atoms with Crippen LogP contribution in [0.25, 0.3) is 0 Å². The van der Waals surface area contributed by atoms with Crippen molar-refractivity contribution in [2.75, 3.05) is 0 Å². The molecule has 1 aliphatic carbocycles. The molecule has 0 saturated heterocycles. The summed E-state index contributed by atoms with van der Waals surface area (Å²) in [7, 11) is 0. The zero-order valence-corrected chi connectivity index (χ0v) is 11.1. The molecule has 0 spiro atoms. The first kappa shape index (κ1) is 13.8. The molecule has 19 heavy (non-hydrogen) atoms. The lowest BCUT2D eigenvalue weighted by atomic mass is 10.2. The number of carboxylic acids is 1. The summed E-state index contributed by atoms with van der Waals surface area (Å²) in [4.78, 5) is 15.3. The van der Waals surface area contributed by atoms with Gasteiger partial charge in [0.1, 0.15) is 5.75 Å². The Balaban J connectivity index is 1.87. The predicted octanol–water partition coefficient (Wildman–Crippen LogP) is 1.97. The molecule has 0 bridgehead atoms. The van der Waals surface area contributed by atoms with Crippen molar-refractivity contribution >= 4 is 5.97 Å². The zero-order chi connectivity index (χ0) is 13.7. The van der Waals surface area contributed by atoms with Gasteiger partial charge in [0, 0.05) is 12.6 Å². The lowest BCUT2D eigenvalue weighted by Gasteiger charge is -2.14. The van der Waals surface area contributed by atoms with Gasteiger partial charge in [0.25, 0.3) is 0 Å². The van der Waals surface area contributed by atoms with Crippen molar-refractivity contribution < 1.29 is 14.6 Å². The van der Waals surface area contributed by atoms with Crippen LogP contribution in [-0.4, -0.2) is 28.2 Å². The van der Waals surface area contributed by atoms with Crippen LogP contribution >= 0.6 is 0 Å². The van der Waals surface area contributed by atoms with Crippen LogP contribution in [-0.2, 0) is 11.3 Å². The second-order valence-corrected chi connectivity index (χ2v) is 4.87. The van der Waals surface area contributed by atoms with E-state index in [9.17, 15) is 4.79 Å². The molecule has 2 N–H and O–H groups in total. The number of nitrogens with zero attached hydrogens (tertiary/aromatic N) is 1. The molecule has 1 saturated carbocycles. The molecular weight excluding hydrogens is 244 g/mol. The molecule has 1 fully saturated rings. The van der Waals surface area contributed by atoms with E-state index >= 15 is 0 Å². The summed E-state index contributed by atoms with van der Waals surface area (Å²) in [6, 6.07) is 4.30. The van der Waals surface area contributed by atoms with Gasteiger partial charge in [-0.25, -0.2) is 4.79 Å². The first-order valence-electron chi connectivity index (χ1n) is 6.77. The number of hydrogen-bond donors (Lipinski definition) is 2. The Labute approximate surface area is 113 Å². The molecule has 1 atom stereocenters. The number of pyridine rings is 1. The number of nitrogens with one attached hydrogen (secondary N) is 1. The summed E-state index contributed by atoms with van der Waals surface area (Å²) >= 11 is 0. The molecular formula is C14H20N2O3. The highest BCUT2D eigenvalue weighted by atomic mass is 16.5. The summed E-state index contributed by atoms with van der Waals surface area (Å²) < 4.78 is 5.43. The number of rotatable bonds is 8. The van der Waals surface area contributed by atoms with E-state index in [0.29, 0.717) is 18.2 Å². The Morgan fingerprint density at radius 2 is 2.37 bits per heavy atom. The van der Waals surface area contributed by atoms with Gasteiger partial charge in [-0.3, -0.25) is 4.98 Å². The number of aliphatic carboxylic acids is 1. The lowest BCUT2D eigenvalue weighted by molar-refractivity contribution is -0.145. The fourth-order valence-electron chi connectivity index (χ4n) is 1.78. The standard InChI is InChI=1S/C14H20N2O3/c1-2-3-13(14(17)18)19-12-7-6-11(16-9-12)8-15-10-4-5-10/h6-7,9-10,13,15H,2-5,8H2,1H3,(H,17,18). The molecule has 1 aliphatic rings. The topological polar surface area (TPSA) is 71.5 Å². The van der Waals surface area contributed by atoms with Gasteiger partial charge >= 0.3 is 5.97 Å². The molecule has 5 heteroatoms. The minimum atomic E-state index is -0.929. The summed E-state index contributed by atoms with van der Waals surface area (Å²) in [5.74, 6) is -0.419. The normalized spacial score (nSPS) is 16.1. The van der Waals surface area contributed by atoms with Crippen LogP contribution in [0.4, 0.5) is 0 Å². The minimum absolute atomic E-state index is 0.500. The van der Waals surface area contributed by atoms with Crippen LogP contribution < -0.4 is 10.1 Å². The summed E-state index contributed by atoms with van der Waals surface area (Å²) in [6.45, 7) is 2.69. The van der Waals surface area contributed by atoms with Gasteiger partial charge in [-0.05, 0) is 31.4 Å². The highest BCUT2D eigenvalue weighted by Gasteiger charge is 2.20. The molecule has 1 aromatic heterocycles. The van der Waals surface area contributed by atoms with Gasteiger partial charge in [0.15, 0.2) is 6.10 Å². The monoisotopic (exact) mass is 264 g/mol. The van der Waals surface area contributed by atoms with E-state index in [1.807, 2.05) is 13.0 Å². The number of aromatic nitrogens is 1. The summed E-state index contributed by atoms with van der Waals surface area (Å²) in [5, 5.41) is 12.4. The number of ether oxygens (including phenoxy) is 1. The van der Waals surface area contributed by atoms with E-state index in [2.05, 4.69) is 10.3 Å². The van der Waals surface area contributed by atoms with Gasteiger partial charge in [0.05, 0.1) is 11.9 Å². The highest BCUT2D eigenvalue weighted by molar-refractivity contribution is 5.72. The van der Waals surface area contributed by atoms with Crippen LogP contribution in [0.1, 0.15) is 38.3 Å². The van der Waals surface area contributed by atoms with Crippen LogP contribution in [0.15, 0.2) is 18.3 Å². The van der Waals surface area contributed by atoms with Gasteiger partial charge in [-0.2, -0.15) is 0 Å². The molecule has 1 heterocycles. The Bertz CT molecular complexity index is 415. The Morgan fingerprint density at radius 3 is 2.89 bits per heavy atom. The Kier molecular flexibility index (Phi) is 4.74. The van der Waals surface area contributed by atoms with Crippen LogP contribution in [0.5, 0.6) is 5.75 Å². The second-order valence-electron chi connectivity index (χ2n) is 4.87. The Morgan fingerprint density at radius 1 is 1.58 bits per heavy atom. The van der Waals surface area contributed by atoms with E-state index in [0.717, 1.165) is 18.7 Å². The molecule has 0 aliphatic heterocycles. The fraction of sp³-hybridized carbons (Fsp3) is 0.571. The van der Waals surface area contributed by atoms with Gasteiger partial charge in [0.2, 0.25) is 0 Å². The number of hydrogen-bond acceptors (Lipinski definition) is 4. The SMILES string of the molecule is CCCC(Oc1ccc(CNC2CC2)nc1)C(=O)O. The fourth-order valence-corrected chi connectivity index (χ4v) is 1.78. The van der Waals surface area contributed by atoms with Crippen molar-refractivity contribution in [2.24, 2.45) is 0 Å². The van der Waals surface area contributed by atoms with Gasteiger partial charge in [-0.1, -0.05) is 13.3 Å². The zero-order valence-electron chi connectivity index (χ0n) is 11.1. The van der Waals surface area contributed by atoms with Gasteiger partial charge in [-0.15, -0.1) is 0 Å². The van der Waals surface area contributed by atoms with E-state index < -0.39 is 12.1 Å². The van der Waals surface area contributed by atoms with E-state index in [4.69, 9.17) is 9.84 Å². The summed E-state index contributed by atoms with van der Waals surface area (Å²) in [6.07, 6.45) is 4.57. The van der Waals surface area contributed by atoms with E-state index in [1.165, 1.54) is 12.8 Å². The van der Waals surface area contributed by atoms with Crippen molar-refractivity contribution in [1.29, 1.82) is 0 Å². The van der Waals surface area contributed by atoms with Crippen molar-refractivity contribution in [3.8, 4) is 5.75 Å². The molecule has 0 amide bonds. The minimum Gasteiger partial charge on any atom is -0.479 e. The smallest absolute Gasteiger partial charge is 0.344 e. The maximum atomic E-state index is 11.0. The Hall–Kier alpha value is -1.62. The third kappa shape index (κ3) is 4.52. The maximum absolute atomic E-state index is 11.0. The summed E-state index contributed by atoms with van der Waals surface area (Å²) in [5.41, 5.74) is 0.946. The van der Waals surface area contributed by atoms with Crippen molar-refractivity contribution in [3.63, 3.8) is 0 Å². The van der Waals surface area contributed by atoms with Crippen LogP contribution in [0, 0.1) is 0 Å². The third-order valence-electron chi connectivity index (χ3n) is 3.05. The molecule has 0 aromatic carbocycles. The number of carbonyl (C=O) groups is 1. The number of carboxylic acid groups (broad SMARTS) is 1. The molecule has 1 unspecified atom stereocenters. The lowest BCUT2D eigenvalue weighted by Crippen LogP contribution is -2.26. The average Bonchev–Trinajstić information content (AvgIpc) is 3.21. The molecule has 5 nitrogen and oxygen atoms in total. The van der Waals surface area contributed by atoms with Crippen LogP contribution in [0.3, 0.4) is 0 Å². The average molecular weight is 264 g/mol. The van der Waals surface area contributed by atoms with Crippen LogP contribution in [0.2, 0.25) is 0 Å². The van der Waals surface area contributed by atoms with Gasteiger partial charge < -0.3 is 15.2 Å². The van der Waals surface area contributed by atoms with Crippen molar-refractivity contribution in [1.82, 2.24) is 10.3 Å². The quantitative estimate of drug-likeness (QED) is 0.751. The van der Waals surface area contributed by atoms with E-state index in [-0.39, 0.29) is 0 Å². The van der Waals surface area contributed by atoms with Crippen molar-refractivity contribution in [2.45, 2.75) is 51.3 Å². The molecule has 2 rings (SSSR count). The first-order chi connectivity index (χ1) is 9.19. The predicted molar refractivity (Wildman–Crippen MR) is 71.1 cm³/mol. The maximum Gasteiger partial charge on any atom is 0.344 e. The second kappa shape index (κ2) is 6.52. The molecule has 104 valence electrons. The highest BCUT2D eigenvalue weighted by Crippen LogP contribution is 2.19. The third-order valence-corrected chi connectivity index (χ3v) is 3.05. The van der Waals surface area contributed by atoms with E-state index in [1.54, 1.807) is 12.3 Å². The molecule has 1 aromatic rings. The van der Waals surface area contributed by atoms with Crippen molar-refractivity contribution in [3.05, 3.63) is 24.0 Å². The largest absolute Gasteiger partial charge is 0.479 e.